The molecule has 0 aliphatic carbocycles. The molecule has 0 bridgehead atoms. The van der Waals surface area contributed by atoms with Crippen molar-refractivity contribution in [1.82, 2.24) is 15.1 Å². The van der Waals surface area contributed by atoms with Gasteiger partial charge in [0.1, 0.15) is 0 Å². The van der Waals surface area contributed by atoms with E-state index >= 15 is 0 Å². The molecule has 2 aliphatic rings. The summed E-state index contributed by atoms with van der Waals surface area (Å²) in [6.45, 7) is 13.4. The summed E-state index contributed by atoms with van der Waals surface area (Å²) in [7, 11) is 0. The fourth-order valence-corrected chi connectivity index (χ4v) is 3.50. The Morgan fingerprint density at radius 1 is 1.16 bits per heavy atom. The Kier molecular flexibility index (Phi) is 6.35. The van der Waals surface area contributed by atoms with Crippen LogP contribution < -0.4 is 5.32 Å². The van der Waals surface area contributed by atoms with Crippen molar-refractivity contribution in [3.8, 4) is 0 Å². The van der Waals surface area contributed by atoms with E-state index in [1.165, 1.54) is 58.3 Å². The lowest BCUT2D eigenvalue weighted by Gasteiger charge is -2.42. The van der Waals surface area contributed by atoms with Gasteiger partial charge < -0.3 is 10.2 Å². The summed E-state index contributed by atoms with van der Waals surface area (Å²) in [5, 5.41) is 3.44. The van der Waals surface area contributed by atoms with Crippen molar-refractivity contribution in [2.45, 2.75) is 51.1 Å². The molecule has 0 aromatic rings. The van der Waals surface area contributed by atoms with Crippen molar-refractivity contribution >= 4 is 0 Å². The third-order valence-electron chi connectivity index (χ3n) is 4.76. The first kappa shape index (κ1) is 15.0. The zero-order valence-electron chi connectivity index (χ0n) is 12.6. The number of nitrogens with one attached hydrogen (secondary N) is 1. The van der Waals surface area contributed by atoms with E-state index in [1.807, 2.05) is 6.08 Å². The Morgan fingerprint density at radius 3 is 2.47 bits per heavy atom. The molecule has 2 rings (SSSR count). The second-order valence-corrected chi connectivity index (χ2v) is 6.16. The molecule has 1 atom stereocenters. The van der Waals surface area contributed by atoms with Crippen LogP contribution in [0.4, 0.5) is 0 Å². The molecule has 3 heteroatoms. The fraction of sp³-hybridized carbons (Fsp3) is 0.875. The van der Waals surface area contributed by atoms with E-state index in [0.29, 0.717) is 6.04 Å². The Balaban J connectivity index is 1.67. The molecule has 2 fully saturated rings. The van der Waals surface area contributed by atoms with Crippen LogP contribution in [0.25, 0.3) is 0 Å². The monoisotopic (exact) mass is 265 g/mol. The SMILES string of the molecule is C=CCNCC(C)N1CCC(N2CCCCC2)CC1. The van der Waals surface area contributed by atoms with Crippen LogP contribution in [0.15, 0.2) is 12.7 Å². The molecular weight excluding hydrogens is 234 g/mol. The average molecular weight is 265 g/mol. The molecule has 2 saturated heterocycles. The molecule has 0 aromatic heterocycles. The van der Waals surface area contributed by atoms with Gasteiger partial charge in [-0.15, -0.1) is 6.58 Å². The Morgan fingerprint density at radius 2 is 1.84 bits per heavy atom. The number of hydrogen-bond donors (Lipinski definition) is 1. The Labute approximate surface area is 119 Å². The van der Waals surface area contributed by atoms with Crippen LogP contribution in [0.3, 0.4) is 0 Å². The predicted molar refractivity (Wildman–Crippen MR) is 82.5 cm³/mol. The second kappa shape index (κ2) is 8.03. The first-order valence-electron chi connectivity index (χ1n) is 8.11. The lowest BCUT2D eigenvalue weighted by Crippen LogP contribution is -2.50. The van der Waals surface area contributed by atoms with Gasteiger partial charge in [0.05, 0.1) is 0 Å². The van der Waals surface area contributed by atoms with Crippen molar-refractivity contribution in [3.05, 3.63) is 12.7 Å². The molecule has 0 spiro atoms. The molecule has 110 valence electrons. The summed E-state index contributed by atoms with van der Waals surface area (Å²) in [5.74, 6) is 0. The van der Waals surface area contributed by atoms with E-state index in [2.05, 4.69) is 28.6 Å². The maximum absolute atomic E-state index is 3.75. The number of rotatable bonds is 6. The van der Waals surface area contributed by atoms with Gasteiger partial charge in [-0.05, 0) is 58.8 Å². The fourth-order valence-electron chi connectivity index (χ4n) is 3.50. The number of nitrogens with zero attached hydrogens (tertiary/aromatic N) is 2. The Bertz CT molecular complexity index is 253. The zero-order valence-corrected chi connectivity index (χ0v) is 12.6. The standard InChI is InChI=1S/C16H31N3/c1-3-9-17-14-15(2)18-12-7-16(8-13-18)19-10-5-4-6-11-19/h3,15-17H,1,4-14H2,2H3. The van der Waals surface area contributed by atoms with Crippen molar-refractivity contribution < 1.29 is 0 Å². The summed E-state index contributed by atoms with van der Waals surface area (Å²) >= 11 is 0. The van der Waals surface area contributed by atoms with Crippen LogP contribution in [0.5, 0.6) is 0 Å². The topological polar surface area (TPSA) is 18.5 Å². The molecule has 1 unspecified atom stereocenters. The van der Waals surface area contributed by atoms with Crippen molar-refractivity contribution in [2.24, 2.45) is 0 Å². The van der Waals surface area contributed by atoms with Gasteiger partial charge >= 0.3 is 0 Å². The average Bonchev–Trinajstić information content (AvgIpc) is 2.48. The highest BCUT2D eigenvalue weighted by Crippen LogP contribution is 2.21. The van der Waals surface area contributed by atoms with Gasteiger partial charge in [-0.1, -0.05) is 12.5 Å². The van der Waals surface area contributed by atoms with Crippen LogP contribution in [-0.2, 0) is 0 Å². The van der Waals surface area contributed by atoms with Crippen LogP contribution in [-0.4, -0.2) is 61.2 Å². The van der Waals surface area contributed by atoms with Gasteiger partial charge in [0.15, 0.2) is 0 Å². The zero-order chi connectivity index (χ0) is 13.5. The highest BCUT2D eigenvalue weighted by molar-refractivity contribution is 4.84. The minimum absolute atomic E-state index is 0.655. The predicted octanol–water partition coefficient (Wildman–Crippen LogP) is 2.10. The summed E-state index contributed by atoms with van der Waals surface area (Å²) in [6.07, 6.45) is 8.96. The van der Waals surface area contributed by atoms with Gasteiger partial charge in [0.25, 0.3) is 0 Å². The highest BCUT2D eigenvalue weighted by atomic mass is 15.2. The molecular formula is C16H31N3. The largest absolute Gasteiger partial charge is 0.312 e. The van der Waals surface area contributed by atoms with Crippen molar-refractivity contribution in [1.29, 1.82) is 0 Å². The molecule has 2 heterocycles. The van der Waals surface area contributed by atoms with Crippen LogP contribution in [0.1, 0.15) is 39.0 Å². The third kappa shape index (κ3) is 4.59. The second-order valence-electron chi connectivity index (χ2n) is 6.16. The molecule has 1 N–H and O–H groups in total. The first-order valence-corrected chi connectivity index (χ1v) is 8.11. The summed E-state index contributed by atoms with van der Waals surface area (Å²) < 4.78 is 0. The molecule has 2 aliphatic heterocycles. The minimum Gasteiger partial charge on any atom is -0.312 e. The third-order valence-corrected chi connectivity index (χ3v) is 4.76. The summed E-state index contributed by atoms with van der Waals surface area (Å²) in [6, 6.07) is 1.52. The summed E-state index contributed by atoms with van der Waals surface area (Å²) in [5.41, 5.74) is 0. The number of likely N-dealkylation sites (tertiary alicyclic amines) is 2. The van der Waals surface area contributed by atoms with Gasteiger partial charge in [-0.2, -0.15) is 0 Å². The molecule has 19 heavy (non-hydrogen) atoms. The molecule has 0 aromatic carbocycles. The quantitative estimate of drug-likeness (QED) is 0.586. The van der Waals surface area contributed by atoms with E-state index in [1.54, 1.807) is 0 Å². The lowest BCUT2D eigenvalue weighted by molar-refractivity contribution is 0.0760. The molecule has 0 saturated carbocycles. The first-order chi connectivity index (χ1) is 9.31. The molecule has 0 amide bonds. The molecule has 0 radical (unpaired) electrons. The maximum Gasteiger partial charge on any atom is 0.0192 e. The van der Waals surface area contributed by atoms with Crippen molar-refractivity contribution in [3.63, 3.8) is 0 Å². The van der Waals surface area contributed by atoms with Crippen molar-refractivity contribution in [2.75, 3.05) is 39.3 Å². The van der Waals surface area contributed by atoms with E-state index < -0.39 is 0 Å². The molecule has 3 nitrogen and oxygen atoms in total. The number of hydrogen-bond acceptors (Lipinski definition) is 3. The highest BCUT2D eigenvalue weighted by Gasteiger charge is 2.27. The number of piperidine rings is 2. The van der Waals surface area contributed by atoms with Crippen LogP contribution in [0, 0.1) is 0 Å². The van der Waals surface area contributed by atoms with E-state index in [-0.39, 0.29) is 0 Å². The van der Waals surface area contributed by atoms with Crippen LogP contribution in [0.2, 0.25) is 0 Å². The summed E-state index contributed by atoms with van der Waals surface area (Å²) in [4.78, 5) is 5.40. The smallest absolute Gasteiger partial charge is 0.0192 e. The lowest BCUT2D eigenvalue weighted by atomic mass is 9.99. The van der Waals surface area contributed by atoms with Gasteiger partial charge in [0.2, 0.25) is 0 Å². The van der Waals surface area contributed by atoms with Gasteiger partial charge in [-0.3, -0.25) is 4.90 Å². The Hall–Kier alpha value is -0.380. The van der Waals surface area contributed by atoms with Gasteiger partial charge in [0, 0.05) is 25.2 Å². The normalized spacial score (nSPS) is 25.3. The maximum atomic E-state index is 3.75. The minimum atomic E-state index is 0.655. The van der Waals surface area contributed by atoms with Gasteiger partial charge in [-0.25, -0.2) is 0 Å². The van der Waals surface area contributed by atoms with E-state index in [0.717, 1.165) is 19.1 Å². The van der Waals surface area contributed by atoms with E-state index in [9.17, 15) is 0 Å². The van der Waals surface area contributed by atoms with E-state index in [4.69, 9.17) is 0 Å². The van der Waals surface area contributed by atoms with Crippen LogP contribution >= 0.6 is 0 Å².